The van der Waals surface area contributed by atoms with Crippen LogP contribution in [0.1, 0.15) is 6.92 Å². The molecule has 0 bridgehead atoms. The van der Waals surface area contributed by atoms with Gasteiger partial charge in [0.15, 0.2) is 0 Å². The smallest absolute Gasteiger partial charge is 0.231 e. The Labute approximate surface area is 142 Å². The number of pyridine rings is 1. The Kier molecular flexibility index (Phi) is 7.12. The number of carbonyl (C=O) groups excluding carboxylic acids is 1. The van der Waals surface area contributed by atoms with Crippen LogP contribution in [0.4, 0.5) is 0 Å². The molecule has 1 aliphatic rings. The predicted octanol–water partition coefficient (Wildman–Crippen LogP) is -0.192. The van der Waals surface area contributed by atoms with Crippen molar-refractivity contribution in [2.75, 3.05) is 12.4 Å². The van der Waals surface area contributed by atoms with Gasteiger partial charge in [-0.3, -0.25) is 4.79 Å². The minimum absolute atomic E-state index is 0.177. The molecule has 4 N–H and O–H groups in total. The molecular weight excluding hydrogens is 340 g/mol. The minimum atomic E-state index is -1.24. The van der Waals surface area contributed by atoms with Crippen LogP contribution in [0.2, 0.25) is 0 Å². The van der Waals surface area contributed by atoms with E-state index in [1.807, 2.05) is 18.2 Å². The predicted molar refractivity (Wildman–Crippen MR) is 87.9 cm³/mol. The van der Waals surface area contributed by atoms with Crippen molar-refractivity contribution < 1.29 is 24.9 Å². The van der Waals surface area contributed by atoms with Gasteiger partial charge in [-0.15, -0.1) is 0 Å². The number of hydrogen-bond acceptors (Lipinski definition) is 8. The molecule has 9 heteroatoms. The van der Waals surface area contributed by atoms with E-state index in [1.165, 1.54) is 21.6 Å². The summed E-state index contributed by atoms with van der Waals surface area (Å²) in [6, 6.07) is 4.81. The number of ether oxygens (including phenoxy) is 1. The second kappa shape index (κ2) is 8.86. The lowest BCUT2D eigenvalue weighted by Crippen LogP contribution is -2.63. The van der Waals surface area contributed by atoms with Gasteiger partial charge in [-0.25, -0.2) is 4.98 Å². The van der Waals surface area contributed by atoms with Crippen LogP contribution in [0.15, 0.2) is 29.4 Å². The Bertz CT molecular complexity index is 507. The van der Waals surface area contributed by atoms with Crippen LogP contribution < -0.4 is 5.32 Å². The molecule has 1 fully saturated rings. The lowest BCUT2D eigenvalue weighted by Gasteiger charge is -2.41. The van der Waals surface area contributed by atoms with Gasteiger partial charge < -0.3 is 25.4 Å². The van der Waals surface area contributed by atoms with Gasteiger partial charge in [-0.1, -0.05) is 16.9 Å². The zero-order chi connectivity index (χ0) is 16.8. The first-order valence-corrected chi connectivity index (χ1v) is 9.47. The fourth-order valence-electron chi connectivity index (χ4n) is 2.27. The normalized spacial score (nSPS) is 30.9. The molecule has 0 aromatic carbocycles. The fraction of sp³-hybridized carbons (Fsp3) is 0.571. The van der Waals surface area contributed by atoms with E-state index in [9.17, 15) is 15.0 Å². The number of aromatic nitrogens is 1. The number of nitrogens with zero attached hydrogens (tertiary/aromatic N) is 1. The highest BCUT2D eigenvalue weighted by molar-refractivity contribution is 8.76. The van der Waals surface area contributed by atoms with Gasteiger partial charge in [0.25, 0.3) is 0 Å². The van der Waals surface area contributed by atoms with E-state index in [1.54, 1.807) is 13.1 Å². The average molecular weight is 360 g/mol. The van der Waals surface area contributed by atoms with E-state index >= 15 is 0 Å². The molecule has 23 heavy (non-hydrogen) atoms. The van der Waals surface area contributed by atoms with E-state index in [0.29, 0.717) is 0 Å². The summed E-state index contributed by atoms with van der Waals surface area (Å²) >= 11 is 0. The lowest BCUT2D eigenvalue weighted by molar-refractivity contribution is -0.190. The highest BCUT2D eigenvalue weighted by Crippen LogP contribution is 2.28. The standard InChI is InChI=1S/C14H20N2O5S2/c1-8-12(14(20)13(19)9(6-17)21-8)16-10(18)7-22-23-11-4-2-3-5-15-11/h2-5,8-9,12-14,17,19-20H,6-7H2,1H3,(H,16,18). The highest BCUT2D eigenvalue weighted by atomic mass is 33.1. The summed E-state index contributed by atoms with van der Waals surface area (Å²) in [5, 5.41) is 32.5. The van der Waals surface area contributed by atoms with Crippen LogP contribution in [-0.4, -0.2) is 69.0 Å². The summed E-state index contributed by atoms with van der Waals surface area (Å²) < 4.78 is 5.41. The molecule has 0 saturated carbocycles. The van der Waals surface area contributed by atoms with Crippen molar-refractivity contribution in [3.05, 3.63) is 24.4 Å². The van der Waals surface area contributed by atoms with E-state index in [2.05, 4.69) is 10.3 Å². The van der Waals surface area contributed by atoms with Gasteiger partial charge in [-0.05, 0) is 29.9 Å². The Hall–Kier alpha value is -0.840. The van der Waals surface area contributed by atoms with Gasteiger partial charge in [0, 0.05) is 6.20 Å². The summed E-state index contributed by atoms with van der Waals surface area (Å²) in [6.07, 6.45) is -2.10. The quantitative estimate of drug-likeness (QED) is 0.517. The largest absolute Gasteiger partial charge is 0.394 e. The molecule has 1 aromatic heterocycles. The molecule has 1 aliphatic heterocycles. The second-order valence-corrected chi connectivity index (χ2v) is 7.47. The number of nitrogens with one attached hydrogen (secondary N) is 1. The molecule has 0 spiro atoms. The number of aliphatic hydroxyl groups is 3. The van der Waals surface area contributed by atoms with Crippen LogP contribution in [0.3, 0.4) is 0 Å². The van der Waals surface area contributed by atoms with Crippen molar-refractivity contribution >= 4 is 27.5 Å². The summed E-state index contributed by atoms with van der Waals surface area (Å²) in [4.78, 5) is 16.1. The minimum Gasteiger partial charge on any atom is -0.394 e. The Morgan fingerprint density at radius 3 is 2.83 bits per heavy atom. The Morgan fingerprint density at radius 2 is 2.17 bits per heavy atom. The van der Waals surface area contributed by atoms with E-state index in [0.717, 1.165) is 5.03 Å². The molecule has 5 unspecified atom stereocenters. The molecule has 2 heterocycles. The SMILES string of the molecule is CC1OC(CO)C(O)C(O)C1NC(=O)CSSc1ccccn1. The highest BCUT2D eigenvalue weighted by Gasteiger charge is 2.42. The average Bonchev–Trinajstić information content (AvgIpc) is 2.56. The maximum Gasteiger partial charge on any atom is 0.231 e. The van der Waals surface area contributed by atoms with Crippen LogP contribution in [0, 0.1) is 0 Å². The monoisotopic (exact) mass is 360 g/mol. The van der Waals surface area contributed by atoms with Crippen molar-refractivity contribution in [3.8, 4) is 0 Å². The lowest BCUT2D eigenvalue weighted by atomic mass is 9.93. The number of hydrogen-bond donors (Lipinski definition) is 4. The van der Waals surface area contributed by atoms with E-state index < -0.39 is 30.5 Å². The fourth-order valence-corrected chi connectivity index (χ4v) is 4.04. The van der Waals surface area contributed by atoms with E-state index in [-0.39, 0.29) is 18.3 Å². The van der Waals surface area contributed by atoms with Gasteiger partial charge >= 0.3 is 0 Å². The Morgan fingerprint density at radius 1 is 1.39 bits per heavy atom. The molecule has 1 amide bonds. The molecule has 1 saturated heterocycles. The topological polar surface area (TPSA) is 112 Å². The van der Waals surface area contributed by atoms with Gasteiger partial charge in [0.1, 0.15) is 23.3 Å². The Balaban J connectivity index is 1.80. The molecule has 128 valence electrons. The summed E-state index contributed by atoms with van der Waals surface area (Å²) in [5.41, 5.74) is 0. The van der Waals surface area contributed by atoms with Gasteiger partial charge in [0.2, 0.25) is 5.91 Å². The third-order valence-corrected chi connectivity index (χ3v) is 5.60. The number of aliphatic hydroxyl groups excluding tert-OH is 3. The van der Waals surface area contributed by atoms with Crippen LogP contribution >= 0.6 is 21.6 Å². The second-order valence-electron chi connectivity index (χ2n) is 5.15. The van der Waals surface area contributed by atoms with Crippen LogP contribution in [0.25, 0.3) is 0 Å². The first-order chi connectivity index (χ1) is 11.0. The molecule has 5 atom stereocenters. The first kappa shape index (κ1) is 18.5. The summed E-state index contributed by atoms with van der Waals surface area (Å²) in [7, 11) is 2.71. The molecule has 2 rings (SSSR count). The van der Waals surface area contributed by atoms with E-state index in [4.69, 9.17) is 9.84 Å². The first-order valence-electron chi connectivity index (χ1n) is 7.15. The number of rotatable bonds is 6. The zero-order valence-electron chi connectivity index (χ0n) is 12.5. The van der Waals surface area contributed by atoms with Crippen molar-refractivity contribution in [1.82, 2.24) is 10.3 Å². The van der Waals surface area contributed by atoms with Gasteiger partial charge in [-0.2, -0.15) is 0 Å². The maximum atomic E-state index is 12.0. The third kappa shape index (κ3) is 5.07. The van der Waals surface area contributed by atoms with Crippen molar-refractivity contribution in [3.63, 3.8) is 0 Å². The summed E-state index contributed by atoms with van der Waals surface area (Å²) in [5.74, 6) is -0.0935. The number of carbonyl (C=O) groups is 1. The van der Waals surface area contributed by atoms with Crippen molar-refractivity contribution in [2.24, 2.45) is 0 Å². The van der Waals surface area contributed by atoms with Crippen molar-refractivity contribution in [1.29, 1.82) is 0 Å². The number of amides is 1. The molecular formula is C14H20N2O5S2. The molecule has 7 nitrogen and oxygen atoms in total. The third-order valence-electron chi connectivity index (χ3n) is 3.47. The zero-order valence-corrected chi connectivity index (χ0v) is 14.2. The van der Waals surface area contributed by atoms with Crippen LogP contribution in [0.5, 0.6) is 0 Å². The molecule has 0 aliphatic carbocycles. The van der Waals surface area contributed by atoms with Crippen molar-refractivity contribution in [2.45, 2.75) is 42.4 Å². The van der Waals surface area contributed by atoms with Gasteiger partial charge in [0.05, 0.1) is 24.5 Å². The summed E-state index contributed by atoms with van der Waals surface area (Å²) in [6.45, 7) is 1.29. The maximum absolute atomic E-state index is 12.0. The molecule has 1 aromatic rings. The van der Waals surface area contributed by atoms with Crippen LogP contribution in [-0.2, 0) is 9.53 Å². The molecule has 0 radical (unpaired) electrons.